The Morgan fingerprint density at radius 2 is 2.00 bits per heavy atom. The van der Waals surface area contributed by atoms with Gasteiger partial charge in [-0.15, -0.1) is 0 Å². The second-order valence-corrected chi connectivity index (χ2v) is 9.92. The molecule has 1 aromatic rings. The third-order valence-corrected chi connectivity index (χ3v) is 8.14. The van der Waals surface area contributed by atoms with E-state index in [0.29, 0.717) is 31.7 Å². The first-order valence-corrected chi connectivity index (χ1v) is 10.9. The summed E-state index contributed by atoms with van der Waals surface area (Å²) >= 11 is 0. The molecule has 150 valence electrons. The van der Waals surface area contributed by atoms with E-state index in [2.05, 4.69) is 6.07 Å². The molecule has 1 spiro atoms. The van der Waals surface area contributed by atoms with E-state index in [0.717, 1.165) is 30.8 Å². The van der Waals surface area contributed by atoms with Gasteiger partial charge in [0.05, 0.1) is 13.2 Å². The van der Waals surface area contributed by atoms with Crippen molar-refractivity contribution in [3.63, 3.8) is 0 Å². The number of para-hydroxylation sites is 1. The molecule has 0 aromatic heterocycles. The molecule has 27 heavy (non-hydrogen) atoms. The Bertz CT molecular complexity index is 802. The van der Waals surface area contributed by atoms with E-state index in [-0.39, 0.29) is 12.0 Å². The second kappa shape index (κ2) is 6.92. The number of fused-ring (bicyclic) bond motifs is 4. The highest BCUT2D eigenvalue weighted by molar-refractivity contribution is 7.86. The van der Waals surface area contributed by atoms with Gasteiger partial charge in [-0.05, 0) is 18.9 Å². The van der Waals surface area contributed by atoms with Crippen molar-refractivity contribution < 1.29 is 22.6 Å². The first-order chi connectivity index (χ1) is 12.9. The highest BCUT2D eigenvalue weighted by Crippen LogP contribution is 2.55. The van der Waals surface area contributed by atoms with Crippen molar-refractivity contribution in [3.8, 4) is 11.5 Å². The van der Waals surface area contributed by atoms with E-state index in [4.69, 9.17) is 14.2 Å². The van der Waals surface area contributed by atoms with E-state index in [9.17, 15) is 8.42 Å². The number of benzene rings is 1. The van der Waals surface area contributed by atoms with Crippen LogP contribution < -0.4 is 9.47 Å². The lowest BCUT2D eigenvalue weighted by Crippen LogP contribution is -2.58. The molecule has 0 radical (unpaired) electrons. The molecule has 2 atom stereocenters. The van der Waals surface area contributed by atoms with Crippen LogP contribution in [-0.4, -0.2) is 63.5 Å². The average molecular weight is 397 g/mol. The van der Waals surface area contributed by atoms with Gasteiger partial charge in [-0.2, -0.15) is 17.0 Å². The molecular formula is C19H28N2O5S. The smallest absolute Gasteiger partial charge is 0.281 e. The quantitative estimate of drug-likeness (QED) is 0.784. The molecule has 0 aliphatic carbocycles. The molecule has 3 aliphatic heterocycles. The highest BCUT2D eigenvalue weighted by Gasteiger charge is 2.54. The third kappa shape index (κ3) is 3.03. The van der Waals surface area contributed by atoms with Gasteiger partial charge in [0.15, 0.2) is 11.5 Å². The molecule has 0 N–H and O–H groups in total. The van der Waals surface area contributed by atoms with Gasteiger partial charge in [-0.25, -0.2) is 0 Å². The zero-order chi connectivity index (χ0) is 19.2. The Kier molecular flexibility index (Phi) is 4.86. The number of hydrogen-bond acceptors (Lipinski definition) is 5. The van der Waals surface area contributed by atoms with Gasteiger partial charge < -0.3 is 14.2 Å². The topological polar surface area (TPSA) is 68.3 Å². The minimum absolute atomic E-state index is 0.0189. The molecule has 0 bridgehead atoms. The SMILES string of the molecule is COc1cccc2c1OC1(CCN(S(=O)(=O)N(C)C)CC1)[C@H]1CCCO[C@H]21. The average Bonchev–Trinajstić information content (AvgIpc) is 2.68. The molecule has 7 nitrogen and oxygen atoms in total. The van der Waals surface area contributed by atoms with Gasteiger partial charge in [0, 0.05) is 58.1 Å². The lowest BCUT2D eigenvalue weighted by molar-refractivity contribution is -0.146. The highest BCUT2D eigenvalue weighted by atomic mass is 32.2. The van der Waals surface area contributed by atoms with Crippen molar-refractivity contribution in [2.45, 2.75) is 37.4 Å². The summed E-state index contributed by atoms with van der Waals surface area (Å²) in [6.45, 7) is 1.65. The van der Waals surface area contributed by atoms with Crippen LogP contribution in [0.3, 0.4) is 0 Å². The van der Waals surface area contributed by atoms with E-state index < -0.39 is 15.8 Å². The van der Waals surface area contributed by atoms with Gasteiger partial charge >= 0.3 is 0 Å². The Morgan fingerprint density at radius 1 is 1.26 bits per heavy atom. The van der Waals surface area contributed by atoms with Crippen LogP contribution >= 0.6 is 0 Å². The van der Waals surface area contributed by atoms with Crippen LogP contribution in [0.1, 0.15) is 37.4 Å². The van der Waals surface area contributed by atoms with E-state index >= 15 is 0 Å². The van der Waals surface area contributed by atoms with Crippen molar-refractivity contribution in [1.82, 2.24) is 8.61 Å². The van der Waals surface area contributed by atoms with Gasteiger partial charge in [-0.3, -0.25) is 0 Å². The zero-order valence-corrected chi connectivity index (χ0v) is 17.0. The number of hydrogen-bond donors (Lipinski definition) is 0. The van der Waals surface area contributed by atoms with Crippen LogP contribution in [0.5, 0.6) is 11.5 Å². The fourth-order valence-corrected chi connectivity index (χ4v) is 5.84. The van der Waals surface area contributed by atoms with Crippen LogP contribution in [0.25, 0.3) is 0 Å². The van der Waals surface area contributed by atoms with Crippen molar-refractivity contribution in [3.05, 3.63) is 23.8 Å². The number of methoxy groups -OCH3 is 1. The maximum atomic E-state index is 12.5. The molecule has 0 saturated carbocycles. The standard InChI is InChI=1S/C19H28N2O5S/c1-20(2)27(22,23)21-11-9-19(10-12-21)15-7-5-13-25-17(15)14-6-4-8-16(24-3)18(14)26-19/h4,6,8,15,17H,5,7,9-13H2,1-3H3/t15-,17+/m0/s1. The lowest BCUT2D eigenvalue weighted by Gasteiger charge is -2.53. The van der Waals surface area contributed by atoms with Crippen LogP contribution in [0, 0.1) is 5.92 Å². The fraction of sp³-hybridized carbons (Fsp3) is 0.684. The van der Waals surface area contributed by atoms with Crippen LogP contribution in [0.4, 0.5) is 0 Å². The maximum absolute atomic E-state index is 12.5. The van der Waals surface area contributed by atoms with Gasteiger partial charge in [0.2, 0.25) is 0 Å². The second-order valence-electron chi connectivity index (χ2n) is 7.77. The minimum Gasteiger partial charge on any atom is -0.493 e. The summed E-state index contributed by atoms with van der Waals surface area (Å²) in [5.74, 6) is 1.70. The van der Waals surface area contributed by atoms with Crippen LogP contribution in [0.2, 0.25) is 0 Å². The van der Waals surface area contributed by atoms with Gasteiger partial charge in [0.1, 0.15) is 5.60 Å². The molecule has 2 saturated heterocycles. The van der Waals surface area contributed by atoms with Crippen molar-refractivity contribution in [2.24, 2.45) is 5.92 Å². The molecule has 3 aliphatic rings. The molecule has 2 fully saturated rings. The van der Waals surface area contributed by atoms with Crippen LogP contribution in [0.15, 0.2) is 18.2 Å². The van der Waals surface area contributed by atoms with Gasteiger partial charge in [-0.1, -0.05) is 12.1 Å². The molecule has 3 heterocycles. The summed E-state index contributed by atoms with van der Waals surface area (Å²) < 4.78 is 46.2. The van der Waals surface area contributed by atoms with E-state index in [1.807, 2.05) is 12.1 Å². The number of rotatable bonds is 3. The molecule has 0 amide bonds. The van der Waals surface area contributed by atoms with Crippen molar-refractivity contribution in [2.75, 3.05) is 40.9 Å². The first kappa shape index (κ1) is 19.0. The predicted molar refractivity (Wildman–Crippen MR) is 101 cm³/mol. The Hall–Kier alpha value is -1.35. The van der Waals surface area contributed by atoms with E-state index in [1.165, 1.54) is 4.31 Å². The lowest BCUT2D eigenvalue weighted by atomic mass is 9.70. The Labute approximate surface area is 161 Å². The summed E-state index contributed by atoms with van der Waals surface area (Å²) in [6, 6.07) is 5.93. The summed E-state index contributed by atoms with van der Waals surface area (Å²) in [7, 11) is 1.39. The summed E-state index contributed by atoms with van der Waals surface area (Å²) in [5, 5.41) is 0. The summed E-state index contributed by atoms with van der Waals surface area (Å²) in [6.07, 6.45) is 3.33. The first-order valence-electron chi connectivity index (χ1n) is 9.54. The fourth-order valence-electron chi connectivity index (χ4n) is 4.73. The zero-order valence-electron chi connectivity index (χ0n) is 16.2. The van der Waals surface area contributed by atoms with Gasteiger partial charge in [0.25, 0.3) is 10.2 Å². The van der Waals surface area contributed by atoms with E-state index in [1.54, 1.807) is 25.5 Å². The summed E-state index contributed by atoms with van der Waals surface area (Å²) in [4.78, 5) is 0. The predicted octanol–water partition coefficient (Wildman–Crippen LogP) is 2.20. The molecule has 8 heteroatoms. The Morgan fingerprint density at radius 3 is 2.67 bits per heavy atom. The maximum Gasteiger partial charge on any atom is 0.281 e. The monoisotopic (exact) mass is 396 g/mol. The van der Waals surface area contributed by atoms with Crippen molar-refractivity contribution >= 4 is 10.2 Å². The largest absolute Gasteiger partial charge is 0.493 e. The number of nitrogens with zero attached hydrogens (tertiary/aromatic N) is 2. The molecule has 4 rings (SSSR count). The molecule has 1 aromatic carbocycles. The normalized spacial score (nSPS) is 27.7. The Balaban J connectivity index is 1.67. The van der Waals surface area contributed by atoms with Crippen LogP contribution in [-0.2, 0) is 14.9 Å². The number of ether oxygens (including phenoxy) is 3. The minimum atomic E-state index is -3.40. The van der Waals surface area contributed by atoms with Crippen molar-refractivity contribution in [1.29, 1.82) is 0 Å². The molecule has 0 unspecified atom stereocenters. The molecular weight excluding hydrogens is 368 g/mol. The third-order valence-electron chi connectivity index (χ3n) is 6.20. The number of piperidine rings is 1. The summed E-state index contributed by atoms with van der Waals surface area (Å²) in [5.41, 5.74) is 0.637.